The van der Waals surface area contributed by atoms with E-state index in [1.54, 1.807) is 24.3 Å². The summed E-state index contributed by atoms with van der Waals surface area (Å²) in [6.07, 6.45) is 5.29. The first kappa shape index (κ1) is 13.4. The molecule has 1 N–H and O–H groups in total. The fourth-order valence-corrected chi connectivity index (χ4v) is 1.79. The highest BCUT2D eigenvalue weighted by Crippen LogP contribution is 2.18. The van der Waals surface area contributed by atoms with Crippen molar-refractivity contribution in [1.82, 2.24) is 4.98 Å². The quantitative estimate of drug-likeness (QED) is 0.678. The molecule has 0 bridgehead atoms. The van der Waals surface area contributed by atoms with Gasteiger partial charge in [0.25, 0.3) is 5.91 Å². The molecule has 1 heterocycles. The van der Waals surface area contributed by atoms with Gasteiger partial charge < -0.3 is 5.32 Å². The summed E-state index contributed by atoms with van der Waals surface area (Å²) in [5, 5.41) is 3.09. The van der Waals surface area contributed by atoms with Crippen LogP contribution in [-0.4, -0.2) is 10.9 Å². The Morgan fingerprint density at radius 1 is 1.26 bits per heavy atom. The maximum Gasteiger partial charge on any atom is 0.275 e. The van der Waals surface area contributed by atoms with Crippen molar-refractivity contribution in [3.8, 4) is 12.3 Å². The number of halogens is 2. The molecule has 1 amide bonds. The van der Waals surface area contributed by atoms with Crippen LogP contribution in [0.1, 0.15) is 16.1 Å². The molecule has 1 aromatic heterocycles. The Hall–Kier alpha value is -2.02. The second kappa shape index (κ2) is 5.75. The number of benzene rings is 1. The number of hydrogen-bond donors (Lipinski definition) is 1. The maximum absolute atomic E-state index is 12.0. The van der Waals surface area contributed by atoms with E-state index in [-0.39, 0.29) is 15.9 Å². The van der Waals surface area contributed by atoms with Gasteiger partial charge >= 0.3 is 0 Å². The number of aromatic nitrogens is 1. The molecule has 19 heavy (non-hydrogen) atoms. The SMILES string of the molecule is C#Cc1cccc(NC(=O)c2nc(Cl)ccc2Cl)c1. The number of carbonyl (C=O) groups is 1. The van der Waals surface area contributed by atoms with Crippen LogP contribution in [0, 0.1) is 12.3 Å². The molecule has 0 spiro atoms. The summed E-state index contributed by atoms with van der Waals surface area (Å²) in [4.78, 5) is 15.9. The van der Waals surface area contributed by atoms with Crippen molar-refractivity contribution in [2.24, 2.45) is 0 Å². The third-order valence-corrected chi connectivity index (χ3v) is 2.83. The number of nitrogens with zero attached hydrogens (tertiary/aromatic N) is 1. The smallest absolute Gasteiger partial charge is 0.275 e. The third-order valence-electron chi connectivity index (χ3n) is 2.31. The van der Waals surface area contributed by atoms with E-state index < -0.39 is 5.91 Å². The van der Waals surface area contributed by atoms with Crippen LogP contribution in [0.4, 0.5) is 5.69 Å². The van der Waals surface area contributed by atoms with Gasteiger partial charge in [0.1, 0.15) is 10.8 Å². The lowest BCUT2D eigenvalue weighted by atomic mass is 10.2. The number of carbonyl (C=O) groups excluding carboxylic acids is 1. The van der Waals surface area contributed by atoms with Gasteiger partial charge in [0.15, 0.2) is 0 Å². The molecule has 0 radical (unpaired) electrons. The Bertz CT molecular complexity index is 677. The van der Waals surface area contributed by atoms with Gasteiger partial charge in [0.05, 0.1) is 5.02 Å². The number of amides is 1. The predicted molar refractivity (Wildman–Crippen MR) is 76.6 cm³/mol. The van der Waals surface area contributed by atoms with Crippen molar-refractivity contribution < 1.29 is 4.79 Å². The molecule has 2 rings (SSSR count). The van der Waals surface area contributed by atoms with Crippen LogP contribution in [0.25, 0.3) is 0 Å². The highest BCUT2D eigenvalue weighted by molar-refractivity contribution is 6.35. The van der Waals surface area contributed by atoms with E-state index in [0.29, 0.717) is 11.3 Å². The number of terminal acetylenes is 1. The van der Waals surface area contributed by atoms with E-state index >= 15 is 0 Å². The van der Waals surface area contributed by atoms with Crippen molar-refractivity contribution in [2.45, 2.75) is 0 Å². The van der Waals surface area contributed by atoms with Gasteiger partial charge in [-0.15, -0.1) is 6.42 Å². The van der Waals surface area contributed by atoms with Gasteiger partial charge in [0.2, 0.25) is 0 Å². The molecule has 94 valence electrons. The molecule has 5 heteroatoms. The zero-order valence-electron chi connectivity index (χ0n) is 9.65. The van der Waals surface area contributed by atoms with Crippen molar-refractivity contribution >= 4 is 34.8 Å². The molecule has 0 aliphatic heterocycles. The van der Waals surface area contributed by atoms with Crippen LogP contribution in [0.15, 0.2) is 36.4 Å². The van der Waals surface area contributed by atoms with Crippen molar-refractivity contribution in [3.05, 3.63) is 57.8 Å². The Labute approximate surface area is 120 Å². The Morgan fingerprint density at radius 2 is 2.05 bits per heavy atom. The fraction of sp³-hybridized carbons (Fsp3) is 0. The van der Waals surface area contributed by atoms with Crippen molar-refractivity contribution in [3.63, 3.8) is 0 Å². The summed E-state index contributed by atoms with van der Waals surface area (Å²) in [5.74, 6) is 2.04. The highest BCUT2D eigenvalue weighted by atomic mass is 35.5. The first-order valence-electron chi connectivity index (χ1n) is 5.30. The molecule has 0 atom stereocenters. The zero-order valence-corrected chi connectivity index (χ0v) is 11.2. The van der Waals surface area contributed by atoms with Crippen molar-refractivity contribution in [1.29, 1.82) is 0 Å². The molecule has 0 aliphatic carbocycles. The van der Waals surface area contributed by atoms with E-state index in [2.05, 4.69) is 16.2 Å². The van der Waals surface area contributed by atoms with Crippen LogP contribution in [0.3, 0.4) is 0 Å². The molecule has 3 nitrogen and oxygen atoms in total. The molecular weight excluding hydrogens is 283 g/mol. The lowest BCUT2D eigenvalue weighted by Gasteiger charge is -2.06. The largest absolute Gasteiger partial charge is 0.321 e. The monoisotopic (exact) mass is 290 g/mol. The van der Waals surface area contributed by atoms with Gasteiger partial charge in [-0.05, 0) is 30.3 Å². The summed E-state index contributed by atoms with van der Waals surface area (Å²) in [7, 11) is 0. The predicted octanol–water partition coefficient (Wildman–Crippen LogP) is 3.62. The molecule has 0 saturated carbocycles. The summed E-state index contributed by atoms with van der Waals surface area (Å²) in [5.41, 5.74) is 1.31. The summed E-state index contributed by atoms with van der Waals surface area (Å²) in [6.45, 7) is 0. The van der Waals surface area contributed by atoms with Gasteiger partial charge in [-0.1, -0.05) is 35.2 Å². The normalized spacial score (nSPS) is 9.74. The topological polar surface area (TPSA) is 42.0 Å². The van der Waals surface area contributed by atoms with Gasteiger partial charge in [0, 0.05) is 11.3 Å². The zero-order chi connectivity index (χ0) is 13.8. The van der Waals surface area contributed by atoms with Gasteiger partial charge in [-0.3, -0.25) is 4.79 Å². The molecule has 0 aliphatic rings. The van der Waals surface area contributed by atoms with E-state index in [1.807, 2.05) is 0 Å². The number of pyridine rings is 1. The average Bonchev–Trinajstić information content (AvgIpc) is 2.41. The van der Waals surface area contributed by atoms with Crippen LogP contribution in [-0.2, 0) is 0 Å². The van der Waals surface area contributed by atoms with E-state index in [9.17, 15) is 4.79 Å². The average molecular weight is 291 g/mol. The molecule has 0 unspecified atom stereocenters. The van der Waals surface area contributed by atoms with Crippen molar-refractivity contribution in [2.75, 3.05) is 5.32 Å². The van der Waals surface area contributed by atoms with Gasteiger partial charge in [-0.25, -0.2) is 4.98 Å². The molecule has 1 aromatic carbocycles. The standard InChI is InChI=1S/C14H8Cl2N2O/c1-2-9-4-3-5-10(8-9)17-14(19)13-11(15)6-7-12(16)18-13/h1,3-8H,(H,17,19). The summed E-state index contributed by atoms with van der Waals surface area (Å²) >= 11 is 11.6. The lowest BCUT2D eigenvalue weighted by Crippen LogP contribution is -2.14. The Kier molecular flexibility index (Phi) is 4.06. The summed E-state index contributed by atoms with van der Waals surface area (Å²) in [6, 6.07) is 9.94. The lowest BCUT2D eigenvalue weighted by molar-refractivity contribution is 0.102. The number of rotatable bonds is 2. The first-order chi connectivity index (χ1) is 9.10. The minimum absolute atomic E-state index is 0.0697. The van der Waals surface area contributed by atoms with Crippen LogP contribution in [0.2, 0.25) is 10.2 Å². The van der Waals surface area contributed by atoms with E-state index in [1.165, 1.54) is 12.1 Å². The highest BCUT2D eigenvalue weighted by Gasteiger charge is 2.13. The maximum atomic E-state index is 12.0. The number of hydrogen-bond acceptors (Lipinski definition) is 2. The fourth-order valence-electron chi connectivity index (χ4n) is 1.45. The number of anilines is 1. The molecule has 2 aromatic rings. The molecular formula is C14H8Cl2N2O. The minimum Gasteiger partial charge on any atom is -0.321 e. The molecule has 0 saturated heterocycles. The summed E-state index contributed by atoms with van der Waals surface area (Å²) < 4.78 is 0. The second-order valence-electron chi connectivity index (χ2n) is 3.64. The minimum atomic E-state index is -0.443. The first-order valence-corrected chi connectivity index (χ1v) is 6.06. The Balaban J connectivity index is 2.26. The van der Waals surface area contributed by atoms with Gasteiger partial charge in [-0.2, -0.15) is 0 Å². The third kappa shape index (κ3) is 3.25. The van der Waals surface area contributed by atoms with Crippen LogP contribution < -0.4 is 5.32 Å². The molecule has 0 fully saturated rings. The van der Waals surface area contributed by atoms with E-state index in [4.69, 9.17) is 29.6 Å². The second-order valence-corrected chi connectivity index (χ2v) is 4.44. The van der Waals surface area contributed by atoms with Crippen LogP contribution in [0.5, 0.6) is 0 Å². The number of nitrogens with one attached hydrogen (secondary N) is 1. The van der Waals surface area contributed by atoms with Crippen LogP contribution >= 0.6 is 23.2 Å². The Morgan fingerprint density at radius 3 is 2.79 bits per heavy atom. The van der Waals surface area contributed by atoms with E-state index in [0.717, 1.165) is 0 Å².